The summed E-state index contributed by atoms with van der Waals surface area (Å²) in [5.74, 6) is -0.00788. The molecular weight excluding hydrogens is 567 g/mol. The maximum Gasteiger partial charge on any atom is 0.416 e. The molecule has 228 valence electrons. The smallest absolute Gasteiger partial charge is 0.385 e. The number of pyridine rings is 1. The van der Waals surface area contributed by atoms with Gasteiger partial charge in [-0.3, -0.25) is 20.0 Å². The fourth-order valence-electron chi connectivity index (χ4n) is 5.53. The van der Waals surface area contributed by atoms with Gasteiger partial charge in [0.15, 0.2) is 0 Å². The Balaban J connectivity index is 1.34. The lowest BCUT2D eigenvalue weighted by Crippen LogP contribution is -2.50. The van der Waals surface area contributed by atoms with E-state index in [0.29, 0.717) is 37.8 Å². The average Bonchev–Trinajstić information content (AvgIpc) is 3.27. The number of fused-ring (bicyclic) bond motifs is 1. The molecule has 0 spiro atoms. The number of hydrogen-bond donors (Lipinski definition) is 3. The lowest BCUT2D eigenvalue weighted by molar-refractivity contribution is -0.137. The number of anilines is 2. The van der Waals surface area contributed by atoms with Crippen LogP contribution in [0.5, 0.6) is 0 Å². The van der Waals surface area contributed by atoms with E-state index in [2.05, 4.69) is 30.6 Å². The highest BCUT2D eigenvalue weighted by Gasteiger charge is 2.45. The van der Waals surface area contributed by atoms with Crippen molar-refractivity contribution in [3.8, 4) is 0 Å². The number of aliphatic imine (C=N–C) groups is 1. The highest BCUT2D eigenvalue weighted by atomic mass is 19.4. The van der Waals surface area contributed by atoms with E-state index in [1.165, 1.54) is 6.34 Å². The molecule has 4 N–H and O–H groups in total. The van der Waals surface area contributed by atoms with Gasteiger partial charge in [-0.1, -0.05) is 12.1 Å². The van der Waals surface area contributed by atoms with Gasteiger partial charge in [0.05, 0.1) is 17.9 Å². The predicted octanol–water partition coefficient (Wildman–Crippen LogP) is 2.89. The van der Waals surface area contributed by atoms with E-state index >= 15 is 0 Å². The van der Waals surface area contributed by atoms with Crippen molar-refractivity contribution in [3.05, 3.63) is 65.0 Å². The number of alkyl halides is 3. The second kappa shape index (κ2) is 12.4. The highest BCUT2D eigenvalue weighted by Crippen LogP contribution is 2.43. The highest BCUT2D eigenvalue weighted by molar-refractivity contribution is 5.99. The van der Waals surface area contributed by atoms with E-state index in [0.717, 1.165) is 48.3 Å². The van der Waals surface area contributed by atoms with Crippen molar-refractivity contribution in [1.29, 1.82) is 0 Å². The molecule has 1 aromatic carbocycles. The number of aromatic nitrogens is 1. The summed E-state index contributed by atoms with van der Waals surface area (Å²) in [7, 11) is 1.62. The molecule has 2 atom stereocenters. The molecule has 0 bridgehead atoms. The summed E-state index contributed by atoms with van der Waals surface area (Å²) >= 11 is 0. The third-order valence-corrected chi connectivity index (χ3v) is 7.64. The Hall–Kier alpha value is -4.50. The van der Waals surface area contributed by atoms with Gasteiger partial charge in [0.2, 0.25) is 5.91 Å². The van der Waals surface area contributed by atoms with Crippen molar-refractivity contribution in [2.24, 2.45) is 15.8 Å². The van der Waals surface area contributed by atoms with Crippen molar-refractivity contribution >= 4 is 35.6 Å². The number of rotatable bonds is 7. The SMILES string of the molecule is COCC1=C(CN2CCN(C(C)=O)CC2)N2N=CN=C(N)C2C1c1ccc(NC(=O)Nc2cc(C(F)(F)F)ccn2)cc1. The zero-order chi connectivity index (χ0) is 30.7. The van der Waals surface area contributed by atoms with E-state index in [1.54, 1.807) is 26.2 Å². The Bertz CT molecular complexity index is 1450. The first-order valence-electron chi connectivity index (χ1n) is 13.6. The summed E-state index contributed by atoms with van der Waals surface area (Å²) in [6.45, 7) is 5.23. The molecule has 0 aliphatic carbocycles. The zero-order valence-corrected chi connectivity index (χ0v) is 23.6. The van der Waals surface area contributed by atoms with Crippen LogP contribution in [-0.2, 0) is 15.7 Å². The number of amidine groups is 1. The van der Waals surface area contributed by atoms with Gasteiger partial charge in [0.1, 0.15) is 24.0 Å². The number of nitrogens with two attached hydrogens (primary N) is 1. The van der Waals surface area contributed by atoms with Gasteiger partial charge in [-0.25, -0.2) is 14.8 Å². The molecule has 1 aromatic heterocycles. The molecule has 3 amide bonds. The molecule has 5 rings (SSSR count). The van der Waals surface area contributed by atoms with Crippen LogP contribution in [-0.4, -0.2) is 96.4 Å². The first kappa shape index (κ1) is 30.0. The number of carbonyl (C=O) groups is 2. The van der Waals surface area contributed by atoms with Crippen LogP contribution >= 0.6 is 0 Å². The number of urea groups is 1. The number of nitrogens with zero attached hydrogens (tertiary/aromatic N) is 6. The number of benzene rings is 1. The number of piperazine rings is 1. The predicted molar refractivity (Wildman–Crippen MR) is 154 cm³/mol. The molecule has 3 aliphatic heterocycles. The Morgan fingerprint density at radius 2 is 1.81 bits per heavy atom. The Morgan fingerprint density at radius 3 is 2.47 bits per heavy atom. The standard InChI is InChI=1S/C28H32F3N9O3/c1-17(41)39-11-9-38(10-12-39)14-22-21(15-43-2)24(25-26(32)34-16-35-40(22)25)18-3-5-20(6-4-18)36-27(42)37-23-13-19(7-8-33-23)28(29,30)31/h3-8,13,16,24-25H,9-12,14-15H2,1-2H3,(H2,32,34,35)(H2,33,36,37,42). The van der Waals surface area contributed by atoms with Crippen LogP contribution in [0.3, 0.4) is 0 Å². The third-order valence-electron chi connectivity index (χ3n) is 7.64. The van der Waals surface area contributed by atoms with Gasteiger partial charge in [-0.05, 0) is 35.4 Å². The quantitative estimate of drug-likeness (QED) is 0.445. The Kier molecular flexibility index (Phi) is 8.64. The second-order valence-corrected chi connectivity index (χ2v) is 10.4. The lowest BCUT2D eigenvalue weighted by atomic mass is 9.86. The maximum absolute atomic E-state index is 13.0. The molecule has 2 unspecified atom stereocenters. The van der Waals surface area contributed by atoms with Gasteiger partial charge < -0.3 is 20.7 Å². The molecule has 0 saturated carbocycles. The largest absolute Gasteiger partial charge is 0.416 e. The molecule has 1 fully saturated rings. The molecule has 43 heavy (non-hydrogen) atoms. The van der Waals surface area contributed by atoms with Crippen LogP contribution in [0.25, 0.3) is 0 Å². The molecule has 12 nitrogen and oxygen atoms in total. The van der Waals surface area contributed by atoms with Gasteiger partial charge in [-0.15, -0.1) is 0 Å². The molecule has 2 aromatic rings. The zero-order valence-electron chi connectivity index (χ0n) is 23.6. The van der Waals surface area contributed by atoms with Crippen molar-refractivity contribution in [2.45, 2.75) is 25.1 Å². The van der Waals surface area contributed by atoms with Gasteiger partial charge >= 0.3 is 12.2 Å². The number of hydrazone groups is 1. The normalized spacial score (nSPS) is 20.6. The number of carbonyl (C=O) groups excluding carboxylic acids is 2. The molecule has 4 heterocycles. The van der Waals surface area contributed by atoms with Crippen molar-refractivity contribution in [2.75, 3.05) is 57.1 Å². The first-order chi connectivity index (χ1) is 20.5. The number of methoxy groups -OCH3 is 1. The van der Waals surface area contributed by atoms with E-state index < -0.39 is 17.8 Å². The molecule has 0 radical (unpaired) electrons. The summed E-state index contributed by atoms with van der Waals surface area (Å²) in [6, 6.07) is 7.55. The van der Waals surface area contributed by atoms with Crippen LogP contribution < -0.4 is 16.4 Å². The molecule has 3 aliphatic rings. The fourth-order valence-corrected chi connectivity index (χ4v) is 5.53. The number of hydrogen-bond acceptors (Lipinski definition) is 9. The number of ether oxygens (including phenoxy) is 1. The average molecular weight is 600 g/mol. The summed E-state index contributed by atoms with van der Waals surface area (Å²) in [6.07, 6.45) is -2.15. The van der Waals surface area contributed by atoms with Crippen molar-refractivity contribution < 1.29 is 27.5 Å². The fraction of sp³-hybridized carbons (Fsp3) is 0.393. The minimum Gasteiger partial charge on any atom is -0.385 e. The Labute approximate surface area is 246 Å². The summed E-state index contributed by atoms with van der Waals surface area (Å²) in [4.78, 5) is 36.4. The summed E-state index contributed by atoms with van der Waals surface area (Å²) in [5, 5.41) is 11.4. The summed E-state index contributed by atoms with van der Waals surface area (Å²) < 4.78 is 44.6. The van der Waals surface area contributed by atoms with E-state index in [-0.39, 0.29) is 23.7 Å². The molecule has 15 heteroatoms. The van der Waals surface area contributed by atoms with Crippen LogP contribution in [0.2, 0.25) is 0 Å². The van der Waals surface area contributed by atoms with Gasteiger partial charge in [0, 0.05) is 64.6 Å². The molecule has 1 saturated heterocycles. The van der Waals surface area contributed by atoms with Crippen LogP contribution in [0.1, 0.15) is 24.0 Å². The molecular formula is C28H32F3N9O3. The first-order valence-corrected chi connectivity index (χ1v) is 13.6. The van der Waals surface area contributed by atoms with Crippen LogP contribution in [0.15, 0.2) is 64.0 Å². The Morgan fingerprint density at radius 1 is 1.09 bits per heavy atom. The number of amides is 3. The van der Waals surface area contributed by atoms with E-state index in [4.69, 9.17) is 10.5 Å². The second-order valence-electron chi connectivity index (χ2n) is 10.4. The van der Waals surface area contributed by atoms with Crippen molar-refractivity contribution in [1.82, 2.24) is 19.8 Å². The van der Waals surface area contributed by atoms with Crippen LogP contribution in [0.4, 0.5) is 29.5 Å². The minimum atomic E-state index is -4.56. The van der Waals surface area contributed by atoms with Gasteiger partial charge in [0.25, 0.3) is 0 Å². The summed E-state index contributed by atoms with van der Waals surface area (Å²) in [5.41, 5.74) is 8.75. The van der Waals surface area contributed by atoms with Gasteiger partial charge in [-0.2, -0.15) is 18.3 Å². The maximum atomic E-state index is 13.0. The van der Waals surface area contributed by atoms with E-state index in [9.17, 15) is 22.8 Å². The van der Waals surface area contributed by atoms with Crippen LogP contribution in [0, 0.1) is 0 Å². The minimum absolute atomic E-state index is 0.0623. The van der Waals surface area contributed by atoms with E-state index in [1.807, 2.05) is 22.0 Å². The number of nitrogens with one attached hydrogen (secondary N) is 2. The van der Waals surface area contributed by atoms with Crippen molar-refractivity contribution in [3.63, 3.8) is 0 Å². The topological polar surface area (TPSA) is 141 Å². The number of halogens is 3. The lowest BCUT2D eigenvalue weighted by Gasteiger charge is -2.36. The third kappa shape index (κ3) is 6.62. The monoisotopic (exact) mass is 599 g/mol.